The third-order valence-electron chi connectivity index (χ3n) is 2.61. The average molecular weight is 176 g/mol. The minimum Gasteiger partial charge on any atom is -0.278 e. The van der Waals surface area contributed by atoms with Gasteiger partial charge in [-0.15, -0.1) is 0 Å². The topological polar surface area (TPSA) is 28.7 Å². The molecule has 13 heavy (non-hydrogen) atoms. The van der Waals surface area contributed by atoms with Crippen molar-refractivity contribution in [1.29, 1.82) is 0 Å². The van der Waals surface area contributed by atoms with Crippen molar-refractivity contribution in [2.75, 3.05) is 0 Å². The molecule has 2 nitrogen and oxygen atoms in total. The number of halogens is 1. The van der Waals surface area contributed by atoms with Crippen molar-refractivity contribution in [2.45, 2.75) is 18.8 Å². The first kappa shape index (κ1) is 7.06. The van der Waals surface area contributed by atoms with Crippen molar-refractivity contribution in [3.8, 4) is 0 Å². The van der Waals surface area contributed by atoms with Crippen molar-refractivity contribution in [3.05, 3.63) is 29.7 Å². The van der Waals surface area contributed by atoms with E-state index in [9.17, 15) is 4.39 Å². The fourth-order valence-electron chi connectivity index (χ4n) is 1.71. The van der Waals surface area contributed by atoms with Crippen LogP contribution in [0.15, 0.2) is 18.3 Å². The lowest BCUT2D eigenvalue weighted by Crippen LogP contribution is -1.86. The second-order valence-corrected chi connectivity index (χ2v) is 3.57. The zero-order chi connectivity index (χ0) is 8.84. The van der Waals surface area contributed by atoms with Crippen LogP contribution in [0.1, 0.15) is 24.3 Å². The molecule has 1 aromatic heterocycles. The van der Waals surface area contributed by atoms with Crippen LogP contribution >= 0.6 is 0 Å². The minimum atomic E-state index is -0.0891. The van der Waals surface area contributed by atoms with Gasteiger partial charge in [0.1, 0.15) is 5.82 Å². The Balaban J connectivity index is 2.30. The third kappa shape index (κ3) is 0.963. The first-order chi connectivity index (χ1) is 6.36. The number of hydrogen-bond acceptors (Lipinski definition) is 1. The standard InChI is InChI=1S/C10H9FN2/c11-10-7(6-1-2-6)3-4-9-8(10)5-12-13-9/h3-6H,1-2H2,(H,12,13). The van der Waals surface area contributed by atoms with Crippen LogP contribution in [0.25, 0.3) is 10.9 Å². The molecule has 0 saturated heterocycles. The first-order valence-corrected chi connectivity index (χ1v) is 4.48. The van der Waals surface area contributed by atoms with Gasteiger partial charge in [0, 0.05) is 0 Å². The lowest BCUT2D eigenvalue weighted by atomic mass is 10.1. The Hall–Kier alpha value is -1.38. The van der Waals surface area contributed by atoms with Gasteiger partial charge in [0.05, 0.1) is 17.1 Å². The molecule has 1 aliphatic carbocycles. The number of rotatable bonds is 1. The smallest absolute Gasteiger partial charge is 0.137 e. The van der Waals surface area contributed by atoms with Crippen molar-refractivity contribution < 1.29 is 4.39 Å². The van der Waals surface area contributed by atoms with Crippen molar-refractivity contribution >= 4 is 10.9 Å². The lowest BCUT2D eigenvalue weighted by Gasteiger charge is -2.00. The van der Waals surface area contributed by atoms with Gasteiger partial charge >= 0.3 is 0 Å². The Morgan fingerprint density at radius 3 is 3.00 bits per heavy atom. The van der Waals surface area contributed by atoms with Gasteiger partial charge in [-0.05, 0) is 30.4 Å². The molecular formula is C10H9FN2. The summed E-state index contributed by atoms with van der Waals surface area (Å²) in [6, 6.07) is 3.77. The molecule has 0 spiro atoms. The Morgan fingerprint density at radius 2 is 2.23 bits per heavy atom. The van der Waals surface area contributed by atoms with Crippen molar-refractivity contribution in [2.24, 2.45) is 0 Å². The summed E-state index contributed by atoms with van der Waals surface area (Å²) in [5.74, 6) is 0.369. The molecule has 2 aromatic rings. The number of aromatic amines is 1. The molecule has 0 radical (unpaired) electrons. The second kappa shape index (κ2) is 2.31. The largest absolute Gasteiger partial charge is 0.278 e. The van der Waals surface area contributed by atoms with E-state index < -0.39 is 0 Å². The molecule has 0 unspecified atom stereocenters. The summed E-state index contributed by atoms with van der Waals surface area (Å²) in [6.07, 6.45) is 3.80. The van der Waals surface area contributed by atoms with Crippen LogP contribution in [0, 0.1) is 5.82 Å². The number of fused-ring (bicyclic) bond motifs is 1. The Morgan fingerprint density at radius 1 is 1.38 bits per heavy atom. The van der Waals surface area contributed by atoms with E-state index in [2.05, 4.69) is 10.2 Å². The molecule has 3 rings (SSSR count). The highest BCUT2D eigenvalue weighted by Crippen LogP contribution is 2.42. The highest BCUT2D eigenvalue weighted by Gasteiger charge is 2.27. The Labute approximate surface area is 74.8 Å². The average Bonchev–Trinajstić information content (AvgIpc) is 2.83. The van der Waals surface area contributed by atoms with E-state index in [1.54, 1.807) is 6.20 Å². The molecule has 1 heterocycles. The lowest BCUT2D eigenvalue weighted by molar-refractivity contribution is 0.623. The van der Waals surface area contributed by atoms with Gasteiger partial charge in [-0.3, -0.25) is 5.10 Å². The van der Waals surface area contributed by atoms with Gasteiger partial charge < -0.3 is 0 Å². The van der Waals surface area contributed by atoms with Gasteiger partial charge in [-0.2, -0.15) is 5.10 Å². The fraction of sp³-hybridized carbons (Fsp3) is 0.300. The molecule has 1 N–H and O–H groups in total. The van der Waals surface area contributed by atoms with E-state index in [1.807, 2.05) is 12.1 Å². The van der Waals surface area contributed by atoms with Gasteiger partial charge in [0.25, 0.3) is 0 Å². The van der Waals surface area contributed by atoms with Gasteiger partial charge in [0.2, 0.25) is 0 Å². The molecular weight excluding hydrogens is 167 g/mol. The van der Waals surface area contributed by atoms with E-state index >= 15 is 0 Å². The molecule has 0 amide bonds. The van der Waals surface area contributed by atoms with E-state index in [4.69, 9.17) is 0 Å². The van der Waals surface area contributed by atoms with Gasteiger partial charge in [-0.1, -0.05) is 6.07 Å². The van der Waals surface area contributed by atoms with Crippen molar-refractivity contribution in [1.82, 2.24) is 10.2 Å². The summed E-state index contributed by atoms with van der Waals surface area (Å²) >= 11 is 0. The molecule has 1 fully saturated rings. The molecule has 3 heteroatoms. The number of hydrogen-bond donors (Lipinski definition) is 1. The summed E-state index contributed by atoms with van der Waals surface area (Å²) in [5, 5.41) is 7.19. The SMILES string of the molecule is Fc1c(C2CC2)ccc2[nH]ncc12. The first-order valence-electron chi connectivity index (χ1n) is 4.48. The van der Waals surface area contributed by atoms with Crippen LogP contribution in [-0.4, -0.2) is 10.2 Å². The molecule has 0 atom stereocenters. The predicted molar refractivity (Wildman–Crippen MR) is 48.0 cm³/mol. The van der Waals surface area contributed by atoms with E-state index in [1.165, 1.54) is 0 Å². The van der Waals surface area contributed by atoms with E-state index in [-0.39, 0.29) is 5.82 Å². The maximum atomic E-state index is 13.7. The minimum absolute atomic E-state index is 0.0891. The summed E-state index contributed by atoms with van der Waals surface area (Å²) < 4.78 is 13.7. The Kier molecular flexibility index (Phi) is 1.26. The molecule has 1 aliphatic rings. The quantitative estimate of drug-likeness (QED) is 0.710. The monoisotopic (exact) mass is 176 g/mol. The maximum Gasteiger partial charge on any atom is 0.137 e. The maximum absolute atomic E-state index is 13.7. The summed E-state index contributed by atoms with van der Waals surface area (Å²) in [7, 11) is 0. The van der Waals surface area contributed by atoms with Crippen LogP contribution in [-0.2, 0) is 0 Å². The van der Waals surface area contributed by atoms with Crippen LogP contribution < -0.4 is 0 Å². The Bertz CT molecular complexity index is 457. The van der Waals surface area contributed by atoms with Crippen LogP contribution in [0.2, 0.25) is 0 Å². The molecule has 0 aliphatic heterocycles. The van der Waals surface area contributed by atoms with Crippen molar-refractivity contribution in [3.63, 3.8) is 0 Å². The summed E-state index contributed by atoms with van der Waals surface area (Å²) in [4.78, 5) is 0. The second-order valence-electron chi connectivity index (χ2n) is 3.57. The number of nitrogens with one attached hydrogen (secondary N) is 1. The van der Waals surface area contributed by atoms with E-state index in [0.717, 1.165) is 23.9 Å². The molecule has 1 aromatic carbocycles. The summed E-state index contributed by atoms with van der Waals surface area (Å²) in [5.41, 5.74) is 1.64. The zero-order valence-electron chi connectivity index (χ0n) is 7.05. The number of nitrogens with zero attached hydrogens (tertiary/aromatic N) is 1. The van der Waals surface area contributed by atoms with Crippen LogP contribution in [0.3, 0.4) is 0 Å². The zero-order valence-corrected chi connectivity index (χ0v) is 7.05. The molecule has 1 saturated carbocycles. The third-order valence-corrected chi connectivity index (χ3v) is 2.61. The van der Waals surface area contributed by atoms with Gasteiger partial charge in [-0.25, -0.2) is 4.39 Å². The van der Waals surface area contributed by atoms with E-state index in [0.29, 0.717) is 11.3 Å². The summed E-state index contributed by atoms with van der Waals surface area (Å²) in [6.45, 7) is 0. The molecule has 0 bridgehead atoms. The normalized spacial score (nSPS) is 16.7. The van der Waals surface area contributed by atoms with Gasteiger partial charge in [0.15, 0.2) is 0 Å². The highest BCUT2D eigenvalue weighted by atomic mass is 19.1. The number of H-pyrrole nitrogens is 1. The number of aromatic nitrogens is 2. The highest BCUT2D eigenvalue weighted by molar-refractivity contribution is 5.79. The van der Waals surface area contributed by atoms with Crippen LogP contribution in [0.4, 0.5) is 4.39 Å². The van der Waals surface area contributed by atoms with Crippen LogP contribution in [0.5, 0.6) is 0 Å². The fourth-order valence-corrected chi connectivity index (χ4v) is 1.71. The number of benzene rings is 1. The predicted octanol–water partition coefficient (Wildman–Crippen LogP) is 2.58. The molecule has 66 valence electrons.